The minimum absolute atomic E-state index is 0.233. The molecule has 0 spiro atoms. The second kappa shape index (κ2) is 7.30. The molecule has 0 radical (unpaired) electrons. The van der Waals surface area contributed by atoms with Crippen molar-refractivity contribution in [2.45, 2.75) is 38.1 Å². The first-order valence-electron chi connectivity index (χ1n) is 6.80. The fourth-order valence-electron chi connectivity index (χ4n) is 2.32. The summed E-state index contributed by atoms with van der Waals surface area (Å²) in [6.45, 7) is 0.795. The fraction of sp³-hybridized carbons (Fsp3) is 0.533. The molecule has 1 amide bonds. The highest BCUT2D eigenvalue weighted by molar-refractivity contribution is 9.10. The Labute approximate surface area is 128 Å². The molecule has 0 saturated heterocycles. The first-order chi connectivity index (χ1) is 9.20. The Morgan fingerprint density at radius 1 is 1.32 bits per heavy atom. The standard InChI is InChI=1S/C15H19BrClNO/c16-13-7-5-12(6-8-13)11-15(19)18(10-2-9-17)14-3-1-4-14/h5-8,14H,1-4,9-11H2. The van der Waals surface area contributed by atoms with Crippen LogP contribution in [0.2, 0.25) is 0 Å². The molecule has 0 aromatic heterocycles. The Hall–Kier alpha value is -0.540. The monoisotopic (exact) mass is 343 g/mol. The van der Waals surface area contributed by atoms with Crippen molar-refractivity contribution >= 4 is 33.4 Å². The second-order valence-electron chi connectivity index (χ2n) is 5.02. The van der Waals surface area contributed by atoms with Crippen molar-refractivity contribution in [2.24, 2.45) is 0 Å². The third-order valence-electron chi connectivity index (χ3n) is 3.64. The summed E-state index contributed by atoms with van der Waals surface area (Å²) in [6, 6.07) is 8.42. The summed E-state index contributed by atoms with van der Waals surface area (Å²) in [7, 11) is 0. The van der Waals surface area contributed by atoms with Gasteiger partial charge in [-0.15, -0.1) is 11.6 Å². The van der Waals surface area contributed by atoms with E-state index < -0.39 is 0 Å². The van der Waals surface area contributed by atoms with Gasteiger partial charge in [-0.1, -0.05) is 28.1 Å². The van der Waals surface area contributed by atoms with E-state index in [0.29, 0.717) is 18.3 Å². The van der Waals surface area contributed by atoms with Crippen molar-refractivity contribution in [3.63, 3.8) is 0 Å². The zero-order valence-electron chi connectivity index (χ0n) is 10.9. The minimum atomic E-state index is 0.233. The van der Waals surface area contributed by atoms with Crippen LogP contribution in [0.4, 0.5) is 0 Å². The molecular weight excluding hydrogens is 326 g/mol. The Morgan fingerprint density at radius 2 is 2.00 bits per heavy atom. The van der Waals surface area contributed by atoms with E-state index in [1.54, 1.807) is 0 Å². The largest absolute Gasteiger partial charge is 0.339 e. The van der Waals surface area contributed by atoms with Gasteiger partial charge in [0.15, 0.2) is 0 Å². The molecular formula is C15H19BrClNO. The van der Waals surface area contributed by atoms with Crippen molar-refractivity contribution in [3.8, 4) is 0 Å². The molecule has 19 heavy (non-hydrogen) atoms. The van der Waals surface area contributed by atoms with Crippen LogP contribution in [0, 0.1) is 0 Å². The van der Waals surface area contributed by atoms with Gasteiger partial charge in [-0.05, 0) is 43.4 Å². The second-order valence-corrected chi connectivity index (χ2v) is 6.31. The lowest BCUT2D eigenvalue weighted by Crippen LogP contribution is -2.45. The van der Waals surface area contributed by atoms with Crippen LogP contribution >= 0.6 is 27.5 Å². The predicted octanol–water partition coefficient (Wildman–Crippen LogP) is 4.00. The molecule has 0 aliphatic heterocycles. The normalized spacial score (nSPS) is 15.1. The van der Waals surface area contributed by atoms with Crippen LogP contribution in [-0.2, 0) is 11.2 Å². The van der Waals surface area contributed by atoms with Crippen LogP contribution in [0.25, 0.3) is 0 Å². The molecule has 104 valence electrons. The van der Waals surface area contributed by atoms with Crippen molar-refractivity contribution in [2.75, 3.05) is 12.4 Å². The molecule has 0 heterocycles. The summed E-state index contributed by atoms with van der Waals surface area (Å²) in [5.74, 6) is 0.853. The van der Waals surface area contributed by atoms with Crippen LogP contribution < -0.4 is 0 Å². The minimum Gasteiger partial charge on any atom is -0.339 e. The lowest BCUT2D eigenvalue weighted by Gasteiger charge is -2.37. The van der Waals surface area contributed by atoms with Crippen LogP contribution in [0.1, 0.15) is 31.2 Å². The summed E-state index contributed by atoms with van der Waals surface area (Å²) >= 11 is 9.16. The van der Waals surface area contributed by atoms with Crippen molar-refractivity contribution in [1.29, 1.82) is 0 Å². The maximum absolute atomic E-state index is 12.4. The van der Waals surface area contributed by atoms with Crippen molar-refractivity contribution < 1.29 is 4.79 Å². The molecule has 2 rings (SSSR count). The number of rotatable bonds is 6. The zero-order chi connectivity index (χ0) is 13.7. The van der Waals surface area contributed by atoms with Gasteiger partial charge >= 0.3 is 0 Å². The number of hydrogen-bond donors (Lipinski definition) is 0. The van der Waals surface area contributed by atoms with Gasteiger partial charge in [-0.2, -0.15) is 0 Å². The number of benzene rings is 1. The molecule has 0 unspecified atom stereocenters. The van der Waals surface area contributed by atoms with Gasteiger partial charge in [0, 0.05) is 22.9 Å². The Morgan fingerprint density at radius 3 is 2.53 bits per heavy atom. The summed E-state index contributed by atoms with van der Waals surface area (Å²) in [6.07, 6.45) is 4.91. The van der Waals surface area contributed by atoms with E-state index in [1.807, 2.05) is 29.2 Å². The number of carbonyl (C=O) groups excluding carboxylic acids is 1. The Bertz CT molecular complexity index is 417. The van der Waals surface area contributed by atoms with E-state index in [-0.39, 0.29) is 5.91 Å². The van der Waals surface area contributed by atoms with E-state index >= 15 is 0 Å². The molecule has 1 aliphatic carbocycles. The average molecular weight is 345 g/mol. The first kappa shape index (κ1) is 14.9. The molecule has 4 heteroatoms. The third kappa shape index (κ3) is 4.22. The molecule has 0 bridgehead atoms. The SMILES string of the molecule is O=C(Cc1ccc(Br)cc1)N(CCCCl)C1CCC1. The molecule has 1 aliphatic rings. The fourth-order valence-corrected chi connectivity index (χ4v) is 2.70. The molecule has 0 atom stereocenters. The zero-order valence-corrected chi connectivity index (χ0v) is 13.3. The average Bonchev–Trinajstić information content (AvgIpc) is 2.34. The van der Waals surface area contributed by atoms with Crippen molar-refractivity contribution in [1.82, 2.24) is 4.90 Å². The lowest BCUT2D eigenvalue weighted by molar-refractivity contribution is -0.134. The Kier molecular flexibility index (Phi) is 5.71. The quantitative estimate of drug-likeness (QED) is 0.714. The van der Waals surface area contributed by atoms with Crippen LogP contribution in [0.3, 0.4) is 0 Å². The van der Waals surface area contributed by atoms with E-state index in [2.05, 4.69) is 15.9 Å². The molecule has 1 aromatic rings. The first-order valence-corrected chi connectivity index (χ1v) is 8.13. The number of carbonyl (C=O) groups is 1. The molecule has 1 saturated carbocycles. The maximum atomic E-state index is 12.4. The highest BCUT2D eigenvalue weighted by Gasteiger charge is 2.28. The smallest absolute Gasteiger partial charge is 0.227 e. The predicted molar refractivity (Wildman–Crippen MR) is 82.5 cm³/mol. The number of amides is 1. The highest BCUT2D eigenvalue weighted by atomic mass is 79.9. The molecule has 0 N–H and O–H groups in total. The summed E-state index contributed by atoms with van der Waals surface area (Å²) in [5, 5.41) is 0. The molecule has 2 nitrogen and oxygen atoms in total. The number of alkyl halides is 1. The van der Waals surface area contributed by atoms with E-state index in [4.69, 9.17) is 11.6 Å². The van der Waals surface area contributed by atoms with Gasteiger partial charge in [0.25, 0.3) is 0 Å². The lowest BCUT2D eigenvalue weighted by atomic mass is 9.91. The van der Waals surface area contributed by atoms with Gasteiger partial charge in [0.2, 0.25) is 5.91 Å². The third-order valence-corrected chi connectivity index (χ3v) is 4.43. The van der Waals surface area contributed by atoms with E-state index in [9.17, 15) is 4.79 Å². The molecule has 1 fully saturated rings. The summed E-state index contributed by atoms with van der Waals surface area (Å²) in [4.78, 5) is 14.4. The van der Waals surface area contributed by atoms with Crippen LogP contribution in [0.5, 0.6) is 0 Å². The number of nitrogens with zero attached hydrogens (tertiary/aromatic N) is 1. The van der Waals surface area contributed by atoms with Crippen molar-refractivity contribution in [3.05, 3.63) is 34.3 Å². The van der Waals surface area contributed by atoms with Gasteiger partial charge in [0.1, 0.15) is 0 Å². The summed E-state index contributed by atoms with van der Waals surface area (Å²) in [5.41, 5.74) is 1.07. The Balaban J connectivity index is 1.96. The molecule has 1 aromatic carbocycles. The topological polar surface area (TPSA) is 20.3 Å². The van der Waals surface area contributed by atoms with Gasteiger partial charge in [0.05, 0.1) is 6.42 Å². The van der Waals surface area contributed by atoms with Gasteiger partial charge < -0.3 is 4.90 Å². The van der Waals surface area contributed by atoms with Crippen LogP contribution in [0.15, 0.2) is 28.7 Å². The number of hydrogen-bond acceptors (Lipinski definition) is 1. The van der Waals surface area contributed by atoms with Gasteiger partial charge in [-0.25, -0.2) is 0 Å². The number of halogens is 2. The van der Waals surface area contributed by atoms with E-state index in [1.165, 1.54) is 6.42 Å². The van der Waals surface area contributed by atoms with Crippen LogP contribution in [-0.4, -0.2) is 29.3 Å². The van der Waals surface area contributed by atoms with Gasteiger partial charge in [-0.3, -0.25) is 4.79 Å². The summed E-state index contributed by atoms with van der Waals surface area (Å²) < 4.78 is 1.04. The highest BCUT2D eigenvalue weighted by Crippen LogP contribution is 2.25. The maximum Gasteiger partial charge on any atom is 0.227 e. The van der Waals surface area contributed by atoms with E-state index in [0.717, 1.165) is 35.8 Å².